The van der Waals surface area contributed by atoms with Crippen molar-refractivity contribution in [2.24, 2.45) is 5.92 Å². The van der Waals surface area contributed by atoms with Crippen LogP contribution in [-0.4, -0.2) is 28.6 Å². The first-order valence-corrected chi connectivity index (χ1v) is 5.08. The molecule has 0 fully saturated rings. The molecule has 2 N–H and O–H groups in total. The largest absolute Gasteiger partial charge is 0.391 e. The van der Waals surface area contributed by atoms with Crippen molar-refractivity contribution in [3.63, 3.8) is 0 Å². The number of aliphatic hydroxyl groups is 1. The number of amides is 1. The van der Waals surface area contributed by atoms with Gasteiger partial charge in [-0.05, 0) is 12.0 Å². The van der Waals surface area contributed by atoms with Crippen LogP contribution in [-0.2, 0) is 0 Å². The first-order chi connectivity index (χ1) is 7.52. The lowest BCUT2D eigenvalue weighted by atomic mass is 10.1. The minimum Gasteiger partial charge on any atom is -0.391 e. The Morgan fingerprint density at radius 1 is 1.62 bits per heavy atom. The van der Waals surface area contributed by atoms with Gasteiger partial charge < -0.3 is 10.4 Å². The predicted octanol–water partition coefficient (Wildman–Crippen LogP) is 0.967. The molecule has 0 aromatic carbocycles. The molecule has 0 aliphatic heterocycles. The zero-order valence-corrected chi connectivity index (χ0v) is 9.27. The fourth-order valence-corrected chi connectivity index (χ4v) is 1.09. The van der Waals surface area contributed by atoms with Gasteiger partial charge in [0.2, 0.25) is 0 Å². The maximum absolute atomic E-state index is 13.1. The Bertz CT molecular complexity index is 369. The lowest BCUT2D eigenvalue weighted by Gasteiger charge is -2.15. The van der Waals surface area contributed by atoms with E-state index in [1.807, 2.05) is 13.8 Å². The number of pyridine rings is 1. The van der Waals surface area contributed by atoms with Gasteiger partial charge in [-0.3, -0.25) is 9.78 Å². The Morgan fingerprint density at radius 2 is 2.31 bits per heavy atom. The van der Waals surface area contributed by atoms with E-state index in [2.05, 4.69) is 10.3 Å². The van der Waals surface area contributed by atoms with E-state index in [0.717, 1.165) is 6.20 Å². The van der Waals surface area contributed by atoms with Gasteiger partial charge in [0.05, 0.1) is 17.9 Å². The molecule has 16 heavy (non-hydrogen) atoms. The third kappa shape index (κ3) is 3.27. The molecule has 0 bridgehead atoms. The fraction of sp³-hybridized carbons (Fsp3) is 0.455. The van der Waals surface area contributed by atoms with Crippen LogP contribution in [0, 0.1) is 11.7 Å². The van der Waals surface area contributed by atoms with Crippen molar-refractivity contribution in [2.75, 3.05) is 6.54 Å². The van der Waals surface area contributed by atoms with Gasteiger partial charge in [-0.25, -0.2) is 4.39 Å². The van der Waals surface area contributed by atoms with Crippen LogP contribution in [0.5, 0.6) is 0 Å². The van der Waals surface area contributed by atoms with Crippen molar-refractivity contribution in [2.45, 2.75) is 20.0 Å². The van der Waals surface area contributed by atoms with Crippen LogP contribution in [0.4, 0.5) is 4.39 Å². The van der Waals surface area contributed by atoms with Crippen LogP contribution in [0.25, 0.3) is 0 Å². The van der Waals surface area contributed by atoms with Gasteiger partial charge in [0.15, 0.2) is 5.82 Å². The molecule has 0 saturated heterocycles. The number of aromatic nitrogens is 1. The number of halogens is 1. The topological polar surface area (TPSA) is 62.2 Å². The van der Waals surface area contributed by atoms with Crippen molar-refractivity contribution in [1.29, 1.82) is 0 Å². The maximum atomic E-state index is 13.1. The summed E-state index contributed by atoms with van der Waals surface area (Å²) in [6, 6.07) is 1.30. The third-order valence-electron chi connectivity index (χ3n) is 2.26. The van der Waals surface area contributed by atoms with Gasteiger partial charge in [-0.1, -0.05) is 13.8 Å². The van der Waals surface area contributed by atoms with Crippen LogP contribution in [0.1, 0.15) is 24.2 Å². The predicted molar refractivity (Wildman–Crippen MR) is 57.4 cm³/mol. The molecule has 0 aliphatic rings. The van der Waals surface area contributed by atoms with Crippen LogP contribution in [0.3, 0.4) is 0 Å². The molecule has 1 atom stereocenters. The van der Waals surface area contributed by atoms with E-state index in [-0.39, 0.29) is 18.0 Å². The van der Waals surface area contributed by atoms with Crippen molar-refractivity contribution < 1.29 is 14.3 Å². The summed E-state index contributed by atoms with van der Waals surface area (Å²) in [6.07, 6.45) is 1.69. The summed E-state index contributed by atoms with van der Waals surface area (Å²) in [4.78, 5) is 15.0. The molecule has 1 heterocycles. The Balaban J connectivity index is 2.57. The molecule has 1 unspecified atom stereocenters. The lowest BCUT2D eigenvalue weighted by molar-refractivity contribution is 0.0868. The number of hydrogen-bond donors (Lipinski definition) is 2. The first-order valence-electron chi connectivity index (χ1n) is 5.08. The molecule has 88 valence electrons. The van der Waals surface area contributed by atoms with Gasteiger partial charge >= 0.3 is 0 Å². The minimum absolute atomic E-state index is 0.0441. The van der Waals surface area contributed by atoms with E-state index in [1.165, 1.54) is 12.3 Å². The smallest absolute Gasteiger partial charge is 0.254 e. The molecule has 1 aromatic heterocycles. The van der Waals surface area contributed by atoms with E-state index >= 15 is 0 Å². The molecule has 0 spiro atoms. The van der Waals surface area contributed by atoms with Crippen LogP contribution < -0.4 is 5.32 Å². The highest BCUT2D eigenvalue weighted by molar-refractivity contribution is 5.94. The van der Waals surface area contributed by atoms with E-state index in [9.17, 15) is 14.3 Å². The second kappa shape index (κ2) is 5.55. The minimum atomic E-state index is -0.668. The van der Waals surface area contributed by atoms with Crippen LogP contribution >= 0.6 is 0 Å². The van der Waals surface area contributed by atoms with Gasteiger partial charge in [-0.2, -0.15) is 0 Å². The Kier molecular flexibility index (Phi) is 4.37. The molecule has 5 heteroatoms. The summed E-state index contributed by atoms with van der Waals surface area (Å²) in [5, 5.41) is 11.9. The number of nitrogens with one attached hydrogen (secondary N) is 1. The average molecular weight is 226 g/mol. The summed E-state index contributed by atoms with van der Waals surface area (Å²) in [7, 11) is 0. The van der Waals surface area contributed by atoms with E-state index in [0.29, 0.717) is 0 Å². The Hall–Kier alpha value is -1.49. The summed E-state index contributed by atoms with van der Waals surface area (Å²) in [5.41, 5.74) is -0.0639. The quantitative estimate of drug-likeness (QED) is 0.804. The molecular weight excluding hydrogens is 211 g/mol. The summed E-state index contributed by atoms with van der Waals surface area (Å²) in [5.74, 6) is -1.17. The zero-order chi connectivity index (χ0) is 12.1. The van der Waals surface area contributed by atoms with E-state index in [1.54, 1.807) is 0 Å². The van der Waals surface area contributed by atoms with Crippen LogP contribution in [0.15, 0.2) is 18.5 Å². The van der Waals surface area contributed by atoms with Gasteiger partial charge in [0, 0.05) is 12.7 Å². The lowest BCUT2D eigenvalue weighted by Crippen LogP contribution is -2.35. The number of aliphatic hydroxyl groups excluding tert-OH is 1. The summed E-state index contributed by atoms with van der Waals surface area (Å²) < 4.78 is 13.1. The Morgan fingerprint density at radius 3 is 2.88 bits per heavy atom. The molecule has 1 aromatic rings. The van der Waals surface area contributed by atoms with Crippen LogP contribution in [0.2, 0.25) is 0 Å². The second-order valence-corrected chi connectivity index (χ2v) is 3.88. The standard InChI is InChI=1S/C11H15FN2O2/c1-7(2)10(15)6-14-11(16)8-3-4-13-5-9(8)12/h3-5,7,10,15H,6H2,1-2H3,(H,14,16). The third-order valence-corrected chi connectivity index (χ3v) is 2.26. The fourth-order valence-electron chi connectivity index (χ4n) is 1.09. The zero-order valence-electron chi connectivity index (χ0n) is 9.27. The van der Waals surface area contributed by atoms with Gasteiger partial charge in [-0.15, -0.1) is 0 Å². The molecule has 4 nitrogen and oxygen atoms in total. The molecular formula is C11H15FN2O2. The highest BCUT2D eigenvalue weighted by Crippen LogP contribution is 2.04. The SMILES string of the molecule is CC(C)C(O)CNC(=O)c1ccncc1F. The summed E-state index contributed by atoms with van der Waals surface area (Å²) >= 11 is 0. The molecule has 0 radical (unpaired) electrons. The van der Waals surface area contributed by atoms with Crippen molar-refractivity contribution in [1.82, 2.24) is 10.3 Å². The normalized spacial score (nSPS) is 12.6. The highest BCUT2D eigenvalue weighted by Gasteiger charge is 2.14. The Labute approximate surface area is 93.5 Å². The number of hydrogen-bond acceptors (Lipinski definition) is 3. The van der Waals surface area contributed by atoms with Crippen molar-refractivity contribution in [3.8, 4) is 0 Å². The van der Waals surface area contributed by atoms with Gasteiger partial charge in [0.25, 0.3) is 5.91 Å². The first kappa shape index (κ1) is 12.6. The van der Waals surface area contributed by atoms with Crippen molar-refractivity contribution in [3.05, 3.63) is 29.8 Å². The highest BCUT2D eigenvalue weighted by atomic mass is 19.1. The van der Waals surface area contributed by atoms with Gasteiger partial charge in [0.1, 0.15) is 0 Å². The van der Waals surface area contributed by atoms with E-state index in [4.69, 9.17) is 0 Å². The molecule has 0 saturated carbocycles. The second-order valence-electron chi connectivity index (χ2n) is 3.88. The van der Waals surface area contributed by atoms with E-state index < -0.39 is 17.8 Å². The number of nitrogens with zero attached hydrogens (tertiary/aromatic N) is 1. The molecule has 1 rings (SSSR count). The molecule has 1 amide bonds. The van der Waals surface area contributed by atoms with Crippen molar-refractivity contribution >= 4 is 5.91 Å². The average Bonchev–Trinajstić information content (AvgIpc) is 2.25. The number of rotatable bonds is 4. The maximum Gasteiger partial charge on any atom is 0.254 e. The number of carbonyl (C=O) groups is 1. The number of carbonyl (C=O) groups excluding carboxylic acids is 1. The molecule has 0 aliphatic carbocycles. The summed E-state index contributed by atoms with van der Waals surface area (Å²) in [6.45, 7) is 3.78. The monoisotopic (exact) mass is 226 g/mol.